The Kier molecular flexibility index (Phi) is 4.92. The van der Waals surface area contributed by atoms with Crippen LogP contribution < -0.4 is 10.2 Å². The lowest BCUT2D eigenvalue weighted by molar-refractivity contribution is -0.116. The Hall–Kier alpha value is -3.41. The van der Waals surface area contributed by atoms with E-state index >= 15 is 0 Å². The SMILES string of the molecule is CC(=O)N1CCc2ccc(NC(=O)Cc3nc(-c4ccccc4C)oc3C)cc21. The summed E-state index contributed by atoms with van der Waals surface area (Å²) in [7, 11) is 0. The van der Waals surface area contributed by atoms with E-state index in [-0.39, 0.29) is 18.2 Å². The first-order valence-corrected chi connectivity index (χ1v) is 9.65. The molecule has 4 rings (SSSR count). The van der Waals surface area contributed by atoms with Gasteiger partial charge in [0.05, 0.1) is 12.1 Å². The first-order valence-electron chi connectivity index (χ1n) is 9.65. The molecule has 1 aliphatic rings. The Morgan fingerprint density at radius 2 is 1.97 bits per heavy atom. The zero-order valence-electron chi connectivity index (χ0n) is 16.8. The third-order valence-electron chi connectivity index (χ3n) is 5.24. The highest BCUT2D eigenvalue weighted by Crippen LogP contribution is 2.31. The number of oxazole rings is 1. The number of aryl methyl sites for hydroxylation is 2. The number of hydrogen-bond acceptors (Lipinski definition) is 4. The van der Waals surface area contributed by atoms with E-state index in [9.17, 15) is 9.59 Å². The van der Waals surface area contributed by atoms with Gasteiger partial charge in [0.15, 0.2) is 0 Å². The molecule has 2 aromatic carbocycles. The van der Waals surface area contributed by atoms with Crippen LogP contribution in [0.3, 0.4) is 0 Å². The normalized spacial score (nSPS) is 12.7. The van der Waals surface area contributed by atoms with Gasteiger partial charge in [0.25, 0.3) is 0 Å². The number of hydrogen-bond donors (Lipinski definition) is 1. The van der Waals surface area contributed by atoms with Crippen LogP contribution in [0.1, 0.15) is 29.5 Å². The summed E-state index contributed by atoms with van der Waals surface area (Å²) in [6.45, 7) is 6.05. The zero-order chi connectivity index (χ0) is 20.5. The fourth-order valence-corrected chi connectivity index (χ4v) is 3.66. The van der Waals surface area contributed by atoms with E-state index in [0.717, 1.165) is 28.8 Å². The average Bonchev–Trinajstić information content (AvgIpc) is 3.25. The summed E-state index contributed by atoms with van der Waals surface area (Å²) in [6, 6.07) is 13.5. The van der Waals surface area contributed by atoms with Crippen molar-refractivity contribution in [3.8, 4) is 11.5 Å². The second-order valence-electron chi connectivity index (χ2n) is 7.33. The molecule has 148 valence electrons. The van der Waals surface area contributed by atoms with E-state index in [1.165, 1.54) is 0 Å². The highest BCUT2D eigenvalue weighted by molar-refractivity contribution is 5.97. The van der Waals surface area contributed by atoms with Gasteiger partial charge in [-0.25, -0.2) is 4.98 Å². The molecule has 0 atom stereocenters. The third kappa shape index (κ3) is 3.78. The molecule has 2 amide bonds. The van der Waals surface area contributed by atoms with Crippen LogP contribution in [0.25, 0.3) is 11.5 Å². The van der Waals surface area contributed by atoms with Gasteiger partial charge in [-0.2, -0.15) is 0 Å². The Morgan fingerprint density at radius 1 is 1.17 bits per heavy atom. The van der Waals surface area contributed by atoms with Crippen LogP contribution in [0.2, 0.25) is 0 Å². The second kappa shape index (κ2) is 7.54. The molecule has 0 radical (unpaired) electrons. The number of fused-ring (bicyclic) bond motifs is 1. The first-order chi connectivity index (χ1) is 13.9. The summed E-state index contributed by atoms with van der Waals surface area (Å²) < 4.78 is 5.80. The fraction of sp³-hybridized carbons (Fsp3) is 0.261. The zero-order valence-corrected chi connectivity index (χ0v) is 16.8. The summed E-state index contributed by atoms with van der Waals surface area (Å²) in [6.07, 6.45) is 0.956. The fourth-order valence-electron chi connectivity index (χ4n) is 3.66. The van der Waals surface area contributed by atoms with Crippen LogP contribution in [0.5, 0.6) is 0 Å². The number of carbonyl (C=O) groups excluding carboxylic acids is 2. The van der Waals surface area contributed by atoms with E-state index in [1.807, 2.05) is 56.3 Å². The second-order valence-corrected chi connectivity index (χ2v) is 7.33. The van der Waals surface area contributed by atoms with Gasteiger partial charge in [0.1, 0.15) is 5.76 Å². The van der Waals surface area contributed by atoms with Crippen molar-refractivity contribution in [3.63, 3.8) is 0 Å². The number of aromatic nitrogens is 1. The molecule has 6 nitrogen and oxygen atoms in total. The minimum Gasteiger partial charge on any atom is -0.441 e. The van der Waals surface area contributed by atoms with Crippen molar-refractivity contribution in [1.82, 2.24) is 4.98 Å². The molecule has 6 heteroatoms. The molecular weight excluding hydrogens is 366 g/mol. The number of anilines is 2. The third-order valence-corrected chi connectivity index (χ3v) is 5.24. The molecule has 1 N–H and O–H groups in total. The van der Waals surface area contributed by atoms with Gasteiger partial charge < -0.3 is 14.6 Å². The molecule has 0 saturated carbocycles. The van der Waals surface area contributed by atoms with Crippen molar-refractivity contribution in [1.29, 1.82) is 0 Å². The van der Waals surface area contributed by atoms with Crippen LogP contribution >= 0.6 is 0 Å². The summed E-state index contributed by atoms with van der Waals surface area (Å²) in [5.41, 5.74) is 5.26. The molecule has 0 aliphatic carbocycles. The van der Waals surface area contributed by atoms with Crippen molar-refractivity contribution in [2.24, 2.45) is 0 Å². The summed E-state index contributed by atoms with van der Waals surface area (Å²) in [5, 5.41) is 2.91. The quantitative estimate of drug-likeness (QED) is 0.730. The van der Waals surface area contributed by atoms with Crippen LogP contribution in [0.15, 0.2) is 46.9 Å². The van der Waals surface area contributed by atoms with E-state index in [1.54, 1.807) is 11.8 Å². The van der Waals surface area contributed by atoms with Gasteiger partial charge in [-0.3, -0.25) is 9.59 Å². The highest BCUT2D eigenvalue weighted by Gasteiger charge is 2.23. The van der Waals surface area contributed by atoms with Gasteiger partial charge in [0, 0.05) is 30.4 Å². The maximum Gasteiger partial charge on any atom is 0.230 e. The predicted octanol–water partition coefficient (Wildman–Crippen LogP) is 4.05. The summed E-state index contributed by atoms with van der Waals surface area (Å²) in [5.74, 6) is 0.993. The maximum absolute atomic E-state index is 12.6. The molecule has 1 aliphatic heterocycles. The topological polar surface area (TPSA) is 75.4 Å². The molecule has 3 aromatic rings. The van der Waals surface area contributed by atoms with Crippen molar-refractivity contribution in [2.75, 3.05) is 16.8 Å². The molecular formula is C23H23N3O3. The Balaban J connectivity index is 1.49. The predicted molar refractivity (Wildman–Crippen MR) is 112 cm³/mol. The molecule has 0 saturated heterocycles. The van der Waals surface area contributed by atoms with E-state index in [4.69, 9.17) is 4.42 Å². The molecule has 0 spiro atoms. The standard InChI is InChI=1S/C23H23N3O3/c1-14-6-4-5-7-19(14)23-25-20(15(2)29-23)13-22(28)24-18-9-8-17-10-11-26(16(3)27)21(17)12-18/h4-9,12H,10-11,13H2,1-3H3,(H,24,28). The van der Waals surface area contributed by atoms with Crippen molar-refractivity contribution in [3.05, 3.63) is 65.0 Å². The molecule has 0 bridgehead atoms. The smallest absolute Gasteiger partial charge is 0.230 e. The lowest BCUT2D eigenvalue weighted by atomic mass is 10.1. The van der Waals surface area contributed by atoms with Crippen molar-refractivity contribution < 1.29 is 14.0 Å². The van der Waals surface area contributed by atoms with E-state index in [2.05, 4.69) is 10.3 Å². The van der Waals surface area contributed by atoms with Gasteiger partial charge in [-0.05, 0) is 49.6 Å². The van der Waals surface area contributed by atoms with Crippen molar-refractivity contribution >= 4 is 23.2 Å². The Bertz CT molecular complexity index is 1100. The van der Waals surface area contributed by atoms with Crippen LogP contribution in [-0.2, 0) is 22.4 Å². The van der Waals surface area contributed by atoms with Crippen molar-refractivity contribution in [2.45, 2.75) is 33.6 Å². The molecule has 2 heterocycles. The lowest BCUT2D eigenvalue weighted by Crippen LogP contribution is -2.25. The number of benzene rings is 2. The highest BCUT2D eigenvalue weighted by atomic mass is 16.4. The maximum atomic E-state index is 12.6. The number of carbonyl (C=O) groups is 2. The number of nitrogens with one attached hydrogen (secondary N) is 1. The number of rotatable bonds is 4. The van der Waals surface area contributed by atoms with Gasteiger partial charge in [-0.15, -0.1) is 0 Å². The van der Waals surface area contributed by atoms with Gasteiger partial charge >= 0.3 is 0 Å². The van der Waals surface area contributed by atoms with Gasteiger partial charge in [0.2, 0.25) is 17.7 Å². The van der Waals surface area contributed by atoms with E-state index in [0.29, 0.717) is 29.6 Å². The summed E-state index contributed by atoms with van der Waals surface area (Å²) in [4.78, 5) is 30.6. The minimum atomic E-state index is -0.176. The van der Waals surface area contributed by atoms with Crippen LogP contribution in [0.4, 0.5) is 11.4 Å². The average molecular weight is 389 g/mol. The molecule has 0 fully saturated rings. The number of amides is 2. The number of nitrogens with zero attached hydrogens (tertiary/aromatic N) is 2. The Morgan fingerprint density at radius 3 is 2.72 bits per heavy atom. The Labute approximate surface area is 169 Å². The van der Waals surface area contributed by atoms with Crippen LogP contribution in [-0.4, -0.2) is 23.3 Å². The van der Waals surface area contributed by atoms with Crippen LogP contribution in [0, 0.1) is 13.8 Å². The minimum absolute atomic E-state index is 0.00850. The largest absolute Gasteiger partial charge is 0.441 e. The molecule has 29 heavy (non-hydrogen) atoms. The monoisotopic (exact) mass is 389 g/mol. The van der Waals surface area contributed by atoms with Gasteiger partial charge in [-0.1, -0.05) is 24.3 Å². The molecule has 0 unspecified atom stereocenters. The summed E-state index contributed by atoms with van der Waals surface area (Å²) >= 11 is 0. The van der Waals surface area contributed by atoms with E-state index < -0.39 is 0 Å². The molecule has 1 aromatic heterocycles. The first kappa shape index (κ1) is 18.9. The lowest BCUT2D eigenvalue weighted by Gasteiger charge is -2.15.